The number of carbonyl (C=O) groups excluding carboxylic acids is 6. The number of rotatable bonds is 51. The number of aromatic nitrogens is 1. The van der Waals surface area contributed by atoms with Crippen LogP contribution < -0.4 is 52.0 Å². The van der Waals surface area contributed by atoms with E-state index in [9.17, 15) is 48.6 Å². The Balaban J connectivity index is 0.778. The van der Waals surface area contributed by atoms with Crippen LogP contribution in [0.3, 0.4) is 0 Å². The summed E-state index contributed by atoms with van der Waals surface area (Å²) in [6.45, 7) is 4.28. The van der Waals surface area contributed by atoms with Gasteiger partial charge < -0.3 is 75.9 Å². The number of benzene rings is 4. The van der Waals surface area contributed by atoms with Gasteiger partial charge in [0.1, 0.15) is 48.8 Å². The van der Waals surface area contributed by atoms with Crippen LogP contribution in [-0.2, 0) is 70.1 Å². The number of halogens is 4. The first-order valence-corrected chi connectivity index (χ1v) is 35.2. The van der Waals surface area contributed by atoms with Gasteiger partial charge in [-0.05, 0) is 133 Å². The standard InChI is InChI=1S/C72H90Cl4N10O16/c73-53-41-51(42-54(74)45-53)59(47-69(91)92)85-71(95)61(83-67(89)11-3-7-25-79-63-9-1-5-23-77-63)39-49-13-17-57(18-14-49)101-37-35-99-33-31-97-29-27-81-65(87)21-22-66(88)82-28-30-98-32-34-100-36-38-102-58-19-15-50(16-20-58)40-62(84-68(90)12-4-8-26-80-64-10-2-6-24-78-64)72(96)86-60(48-70(93)94)52-43-55(75)46-56(76)44-52/h1-2,5,9-10,13-20,23-24,41-46,59-62,64,80H,3-4,6-8,11-12,21-22,25-40,47-48H2,(H,77,79)(H,81,87)(H,82,88)(H,83,89)(H,84,90)(H,85,95)(H,86,96)(H,91,92)(H,93,94). The van der Waals surface area contributed by atoms with Gasteiger partial charge in [0, 0.05) is 97.1 Å². The summed E-state index contributed by atoms with van der Waals surface area (Å²) in [5.74, 6) is -2.96. The number of aliphatic imine (C=N–C) groups is 1. The smallest absolute Gasteiger partial charge is 0.305 e. The average molecular weight is 1490 g/mol. The first-order chi connectivity index (χ1) is 49.3. The van der Waals surface area contributed by atoms with Gasteiger partial charge in [0.2, 0.25) is 35.4 Å². The summed E-state index contributed by atoms with van der Waals surface area (Å²) in [5, 5.41) is 43.7. The lowest BCUT2D eigenvalue weighted by Crippen LogP contribution is -2.49. The Hall–Kier alpha value is -8.44. The number of hydrogen-bond donors (Lipinski definition) is 10. The second-order valence-corrected chi connectivity index (χ2v) is 25.2. The molecule has 0 saturated carbocycles. The van der Waals surface area contributed by atoms with Crippen LogP contribution in [0.5, 0.6) is 11.5 Å². The summed E-state index contributed by atoms with van der Waals surface area (Å²) in [6, 6.07) is 24.6. The number of carboxylic acid groups (broad SMARTS) is 2. The largest absolute Gasteiger partial charge is 0.491 e. The summed E-state index contributed by atoms with van der Waals surface area (Å²) >= 11 is 24.9. The van der Waals surface area contributed by atoms with Gasteiger partial charge in [-0.3, -0.25) is 48.7 Å². The molecule has 552 valence electrons. The molecule has 26 nitrogen and oxygen atoms in total. The SMILES string of the molecule is O=C(O)CC(NC(=O)C(Cc1ccc(OCCOCCOCCNC(=O)CCC(=O)NCCOCCOCCOc2ccc(CC(NC(=O)CCCCNC3C=CCC=N3)C(=O)NC(CC(=O)O)c3cc(Cl)cc(Cl)c3)cc2)cc1)NC(=O)CCCCNc1ccccn1)c1cc(Cl)cc(Cl)c1. The number of nitrogens with zero attached hydrogens (tertiary/aromatic N) is 2. The minimum absolute atomic E-state index is 0.00483. The normalized spacial score (nSPS) is 13.5. The maximum Gasteiger partial charge on any atom is 0.305 e. The van der Waals surface area contributed by atoms with Gasteiger partial charge in [-0.1, -0.05) is 82.8 Å². The van der Waals surface area contributed by atoms with E-state index in [1.807, 2.05) is 36.6 Å². The second-order valence-electron chi connectivity index (χ2n) is 23.5. The number of dihydropyridines is 1. The first-order valence-electron chi connectivity index (χ1n) is 33.7. The van der Waals surface area contributed by atoms with Crippen LogP contribution in [0.4, 0.5) is 5.82 Å². The monoisotopic (exact) mass is 1490 g/mol. The number of hydrogen-bond acceptors (Lipinski definition) is 18. The Morgan fingerprint density at radius 1 is 0.480 bits per heavy atom. The van der Waals surface area contributed by atoms with E-state index in [0.717, 1.165) is 12.2 Å². The highest BCUT2D eigenvalue weighted by atomic mass is 35.5. The number of unbranched alkanes of at least 4 members (excludes halogenated alkanes) is 2. The molecular formula is C72H90Cl4N10O16. The molecule has 2 heterocycles. The number of anilines is 1. The van der Waals surface area contributed by atoms with Gasteiger partial charge in [0.25, 0.3) is 0 Å². The molecule has 4 aromatic carbocycles. The summed E-state index contributed by atoms with van der Waals surface area (Å²) < 4.78 is 34.0. The molecule has 1 aromatic heterocycles. The molecule has 1 aliphatic rings. The van der Waals surface area contributed by atoms with Crippen molar-refractivity contribution in [3.63, 3.8) is 0 Å². The minimum atomic E-state index is -1.16. The zero-order valence-corrected chi connectivity index (χ0v) is 59.6. The lowest BCUT2D eigenvalue weighted by Gasteiger charge is -2.24. The third kappa shape index (κ3) is 35.0. The second kappa shape index (κ2) is 47.7. The minimum Gasteiger partial charge on any atom is -0.491 e. The van der Waals surface area contributed by atoms with Crippen molar-refractivity contribution in [1.82, 2.24) is 42.2 Å². The van der Waals surface area contributed by atoms with Crippen molar-refractivity contribution in [3.05, 3.63) is 164 Å². The van der Waals surface area contributed by atoms with E-state index >= 15 is 0 Å². The molecule has 0 bridgehead atoms. The van der Waals surface area contributed by atoms with Crippen molar-refractivity contribution < 1.29 is 77.0 Å². The Bertz CT molecular complexity index is 3440. The fourth-order valence-electron chi connectivity index (χ4n) is 10.2. The Kier molecular flexibility index (Phi) is 38.6. The average Bonchev–Trinajstić information content (AvgIpc) is 0.847. The van der Waals surface area contributed by atoms with Crippen LogP contribution in [-0.4, -0.2) is 179 Å². The summed E-state index contributed by atoms with van der Waals surface area (Å²) in [4.78, 5) is 111. The highest BCUT2D eigenvalue weighted by Gasteiger charge is 2.29. The van der Waals surface area contributed by atoms with Crippen LogP contribution in [0.15, 0.2) is 126 Å². The number of carboxylic acids is 2. The van der Waals surface area contributed by atoms with E-state index in [2.05, 4.69) is 52.5 Å². The number of amides is 6. The summed E-state index contributed by atoms with van der Waals surface area (Å²) in [6.07, 6.45) is 10.3. The van der Waals surface area contributed by atoms with Crippen molar-refractivity contribution in [1.29, 1.82) is 0 Å². The molecule has 0 saturated heterocycles. The Morgan fingerprint density at radius 3 is 1.34 bits per heavy atom. The van der Waals surface area contributed by atoms with Gasteiger partial charge in [-0.2, -0.15) is 0 Å². The van der Waals surface area contributed by atoms with Crippen molar-refractivity contribution in [2.45, 2.75) is 114 Å². The molecule has 102 heavy (non-hydrogen) atoms. The first kappa shape index (κ1) is 82.5. The molecule has 0 spiro atoms. The number of nitrogens with one attached hydrogen (secondary N) is 8. The lowest BCUT2D eigenvalue weighted by molar-refractivity contribution is -0.139. The van der Waals surface area contributed by atoms with E-state index in [1.54, 1.807) is 54.7 Å². The predicted octanol–water partition coefficient (Wildman–Crippen LogP) is 8.35. The molecule has 6 amide bonds. The van der Waals surface area contributed by atoms with E-state index in [0.29, 0.717) is 72.5 Å². The van der Waals surface area contributed by atoms with Crippen LogP contribution in [0.2, 0.25) is 20.1 Å². The molecule has 6 rings (SSSR count). The van der Waals surface area contributed by atoms with E-state index in [1.165, 1.54) is 36.4 Å². The Morgan fingerprint density at radius 2 is 0.922 bits per heavy atom. The highest BCUT2D eigenvalue weighted by Crippen LogP contribution is 2.28. The topological polar surface area (TPSA) is 354 Å². The van der Waals surface area contributed by atoms with Crippen LogP contribution >= 0.6 is 46.4 Å². The third-order valence-corrected chi connectivity index (χ3v) is 16.1. The molecular weight excluding hydrogens is 1400 g/mol. The fraction of sp³-hybridized carbons (Fsp3) is 0.444. The number of ether oxygens (including phenoxy) is 6. The van der Waals surface area contributed by atoms with Gasteiger partial charge in [0.05, 0.1) is 77.8 Å². The van der Waals surface area contributed by atoms with Crippen molar-refractivity contribution in [2.24, 2.45) is 4.99 Å². The molecule has 5 atom stereocenters. The quantitative estimate of drug-likeness (QED) is 0.0129. The third-order valence-electron chi connectivity index (χ3n) is 15.3. The van der Waals surface area contributed by atoms with E-state index < -0.39 is 60.8 Å². The highest BCUT2D eigenvalue weighted by molar-refractivity contribution is 6.35. The molecule has 0 radical (unpaired) electrons. The van der Waals surface area contributed by atoms with Gasteiger partial charge in [-0.15, -0.1) is 0 Å². The van der Waals surface area contributed by atoms with Gasteiger partial charge in [-0.25, -0.2) is 4.98 Å². The predicted molar refractivity (Wildman–Crippen MR) is 387 cm³/mol. The number of pyridine rings is 1. The van der Waals surface area contributed by atoms with Crippen LogP contribution in [0, 0.1) is 0 Å². The number of aliphatic carboxylic acids is 2. The molecule has 10 N–H and O–H groups in total. The molecule has 30 heteroatoms. The van der Waals surface area contributed by atoms with Crippen molar-refractivity contribution in [2.75, 3.05) is 97.6 Å². The molecule has 1 aliphatic heterocycles. The van der Waals surface area contributed by atoms with Crippen LogP contribution in [0.25, 0.3) is 0 Å². The summed E-state index contributed by atoms with van der Waals surface area (Å²) in [7, 11) is 0. The zero-order valence-electron chi connectivity index (χ0n) is 56.6. The zero-order chi connectivity index (χ0) is 73.1. The molecule has 0 fully saturated rings. The van der Waals surface area contributed by atoms with Crippen molar-refractivity contribution in [3.8, 4) is 11.5 Å². The van der Waals surface area contributed by atoms with Gasteiger partial charge >= 0.3 is 11.9 Å². The van der Waals surface area contributed by atoms with Gasteiger partial charge in [0.15, 0.2) is 0 Å². The maximum atomic E-state index is 13.9. The fourth-order valence-corrected chi connectivity index (χ4v) is 11.3. The van der Waals surface area contributed by atoms with E-state index in [4.69, 9.17) is 74.8 Å². The Labute approximate surface area is 613 Å². The maximum absolute atomic E-state index is 13.9. The van der Waals surface area contributed by atoms with Crippen molar-refractivity contribution >= 4 is 106 Å². The lowest BCUT2D eigenvalue weighted by atomic mass is 10.0. The molecule has 5 unspecified atom stereocenters. The number of carbonyl (C=O) groups is 8. The van der Waals surface area contributed by atoms with Crippen LogP contribution in [0.1, 0.15) is 105 Å². The molecule has 0 aliphatic carbocycles. The number of allylic oxidation sites excluding steroid dienone is 1. The summed E-state index contributed by atoms with van der Waals surface area (Å²) in [5.41, 5.74) is 2.21. The molecule has 5 aromatic rings. The van der Waals surface area contributed by atoms with E-state index in [-0.39, 0.29) is 168 Å².